The number of nitrogens with one attached hydrogen (secondary N) is 2. The quantitative estimate of drug-likeness (QED) is 0.528. The first-order chi connectivity index (χ1) is 9.22. The summed E-state index contributed by atoms with van der Waals surface area (Å²) in [6.45, 7) is 5.14. The minimum absolute atomic E-state index is 0.0880. The largest absolute Gasteiger partial charge is 0.393 e. The van der Waals surface area contributed by atoms with E-state index < -0.39 is 0 Å². The molecule has 2 saturated carbocycles. The molecule has 0 aromatic carbocycles. The molecule has 0 aromatic heterocycles. The van der Waals surface area contributed by atoms with E-state index in [9.17, 15) is 5.11 Å². The smallest absolute Gasteiger partial charge is 0.191 e. The van der Waals surface area contributed by atoms with Gasteiger partial charge in [-0.3, -0.25) is 4.99 Å². The van der Waals surface area contributed by atoms with Crippen LogP contribution in [0.3, 0.4) is 0 Å². The third-order valence-corrected chi connectivity index (χ3v) is 4.26. The van der Waals surface area contributed by atoms with Crippen molar-refractivity contribution < 1.29 is 5.11 Å². The predicted octanol–water partition coefficient (Wildman–Crippen LogP) is 2.03. The number of aliphatic hydroxyl groups is 1. The zero-order valence-corrected chi connectivity index (χ0v) is 12.4. The van der Waals surface area contributed by atoms with Crippen LogP contribution in [0.5, 0.6) is 0 Å². The zero-order valence-electron chi connectivity index (χ0n) is 12.4. The number of hydrogen-bond acceptors (Lipinski definition) is 2. The Labute approximate surface area is 117 Å². The molecule has 2 aliphatic rings. The molecule has 0 radical (unpaired) electrons. The molecular weight excluding hydrogens is 238 g/mol. The van der Waals surface area contributed by atoms with Gasteiger partial charge in [0, 0.05) is 18.6 Å². The Morgan fingerprint density at radius 3 is 2.53 bits per heavy atom. The fraction of sp³-hybridized carbons (Fsp3) is 0.933. The monoisotopic (exact) mass is 267 g/mol. The SMILES string of the molecule is CCCC1CC1NC(=NCC)NC1CCC(O)CC1. The van der Waals surface area contributed by atoms with Crippen LogP contribution in [0.25, 0.3) is 0 Å². The summed E-state index contributed by atoms with van der Waals surface area (Å²) in [6, 6.07) is 1.11. The molecule has 0 heterocycles. The molecule has 4 heteroatoms. The molecule has 4 nitrogen and oxygen atoms in total. The standard InChI is InChI=1S/C15H29N3O/c1-3-5-11-10-14(11)18-15(16-4-2)17-12-6-8-13(19)9-7-12/h11-14,19H,3-10H2,1-2H3,(H2,16,17,18). The van der Waals surface area contributed by atoms with Gasteiger partial charge < -0.3 is 15.7 Å². The van der Waals surface area contributed by atoms with Crippen molar-refractivity contribution in [3.63, 3.8) is 0 Å². The molecule has 2 fully saturated rings. The predicted molar refractivity (Wildman–Crippen MR) is 79.3 cm³/mol. The third-order valence-electron chi connectivity index (χ3n) is 4.26. The third kappa shape index (κ3) is 4.68. The summed E-state index contributed by atoms with van der Waals surface area (Å²) in [5.74, 6) is 1.83. The van der Waals surface area contributed by atoms with Crippen molar-refractivity contribution in [3.8, 4) is 0 Å². The Morgan fingerprint density at radius 1 is 1.16 bits per heavy atom. The molecule has 110 valence electrons. The van der Waals surface area contributed by atoms with E-state index in [0.29, 0.717) is 12.1 Å². The zero-order chi connectivity index (χ0) is 13.7. The van der Waals surface area contributed by atoms with Gasteiger partial charge in [0.15, 0.2) is 5.96 Å². The second-order valence-corrected chi connectivity index (χ2v) is 6.01. The highest BCUT2D eigenvalue weighted by Crippen LogP contribution is 2.34. The summed E-state index contributed by atoms with van der Waals surface area (Å²) in [6.07, 6.45) is 7.74. The Morgan fingerprint density at radius 2 is 1.89 bits per heavy atom. The summed E-state index contributed by atoms with van der Waals surface area (Å²) in [7, 11) is 0. The molecule has 2 aliphatic carbocycles. The number of guanidine groups is 1. The van der Waals surface area contributed by atoms with Crippen LogP contribution in [0.2, 0.25) is 0 Å². The Balaban J connectivity index is 1.75. The van der Waals surface area contributed by atoms with Crippen molar-refractivity contribution in [2.45, 2.75) is 77.0 Å². The van der Waals surface area contributed by atoms with E-state index >= 15 is 0 Å². The van der Waals surface area contributed by atoms with Gasteiger partial charge in [0.1, 0.15) is 0 Å². The number of aliphatic hydroxyl groups excluding tert-OH is 1. The van der Waals surface area contributed by atoms with Crippen LogP contribution in [-0.4, -0.2) is 35.8 Å². The fourth-order valence-electron chi connectivity index (χ4n) is 2.99. The highest BCUT2D eigenvalue weighted by molar-refractivity contribution is 5.80. The number of hydrogen-bond donors (Lipinski definition) is 3. The molecule has 2 rings (SSSR count). The van der Waals surface area contributed by atoms with Crippen molar-refractivity contribution in [2.24, 2.45) is 10.9 Å². The first-order valence-corrected chi connectivity index (χ1v) is 7.98. The maximum Gasteiger partial charge on any atom is 0.191 e. The lowest BCUT2D eigenvalue weighted by atomic mass is 9.93. The summed E-state index contributed by atoms with van der Waals surface area (Å²) in [4.78, 5) is 4.54. The Hall–Kier alpha value is -0.770. The summed E-state index contributed by atoms with van der Waals surface area (Å²) >= 11 is 0. The first kappa shape index (κ1) is 14.6. The van der Waals surface area contributed by atoms with Gasteiger partial charge in [0.25, 0.3) is 0 Å². The van der Waals surface area contributed by atoms with Crippen LogP contribution >= 0.6 is 0 Å². The maximum absolute atomic E-state index is 9.54. The van der Waals surface area contributed by atoms with E-state index in [0.717, 1.165) is 44.1 Å². The Kier molecular flexibility index (Phi) is 5.49. The molecule has 0 aliphatic heterocycles. The van der Waals surface area contributed by atoms with Crippen LogP contribution < -0.4 is 10.6 Å². The second-order valence-electron chi connectivity index (χ2n) is 6.01. The van der Waals surface area contributed by atoms with Crippen LogP contribution in [0, 0.1) is 5.92 Å². The lowest BCUT2D eigenvalue weighted by Gasteiger charge is -2.27. The average molecular weight is 267 g/mol. The second kappa shape index (κ2) is 7.13. The minimum atomic E-state index is -0.0880. The highest BCUT2D eigenvalue weighted by Gasteiger charge is 2.36. The van der Waals surface area contributed by atoms with Crippen molar-refractivity contribution in [3.05, 3.63) is 0 Å². The van der Waals surface area contributed by atoms with Gasteiger partial charge in [-0.2, -0.15) is 0 Å². The maximum atomic E-state index is 9.54. The van der Waals surface area contributed by atoms with Gasteiger partial charge in [-0.15, -0.1) is 0 Å². The summed E-state index contributed by atoms with van der Waals surface area (Å²) in [5.41, 5.74) is 0. The van der Waals surface area contributed by atoms with Crippen LogP contribution in [0.4, 0.5) is 0 Å². The van der Waals surface area contributed by atoms with Gasteiger partial charge >= 0.3 is 0 Å². The molecule has 0 spiro atoms. The number of nitrogens with zero attached hydrogens (tertiary/aromatic N) is 1. The highest BCUT2D eigenvalue weighted by atomic mass is 16.3. The molecule has 0 bridgehead atoms. The lowest BCUT2D eigenvalue weighted by Crippen LogP contribution is -2.46. The molecular formula is C15H29N3O. The molecule has 0 saturated heterocycles. The Bertz CT molecular complexity index is 298. The van der Waals surface area contributed by atoms with Crippen LogP contribution in [0.1, 0.15) is 58.8 Å². The van der Waals surface area contributed by atoms with Crippen molar-refractivity contribution in [1.29, 1.82) is 0 Å². The summed E-state index contributed by atoms with van der Waals surface area (Å²) in [5, 5.41) is 16.6. The molecule has 19 heavy (non-hydrogen) atoms. The minimum Gasteiger partial charge on any atom is -0.393 e. The van der Waals surface area contributed by atoms with Gasteiger partial charge in [-0.25, -0.2) is 0 Å². The fourth-order valence-corrected chi connectivity index (χ4v) is 2.99. The van der Waals surface area contributed by atoms with Crippen LogP contribution in [0.15, 0.2) is 4.99 Å². The van der Waals surface area contributed by atoms with Gasteiger partial charge in [0.05, 0.1) is 6.10 Å². The van der Waals surface area contributed by atoms with E-state index in [-0.39, 0.29) is 6.10 Å². The number of aliphatic imine (C=N–C) groups is 1. The summed E-state index contributed by atoms with van der Waals surface area (Å²) < 4.78 is 0. The normalized spacial score (nSPS) is 35.0. The first-order valence-electron chi connectivity index (χ1n) is 7.98. The molecule has 0 aromatic rings. The molecule has 2 unspecified atom stereocenters. The van der Waals surface area contributed by atoms with Crippen LogP contribution in [-0.2, 0) is 0 Å². The van der Waals surface area contributed by atoms with E-state index in [1.54, 1.807) is 0 Å². The van der Waals surface area contributed by atoms with Gasteiger partial charge in [-0.05, 0) is 51.4 Å². The number of rotatable bonds is 5. The van der Waals surface area contributed by atoms with Crippen molar-refractivity contribution in [2.75, 3.05) is 6.54 Å². The molecule has 0 amide bonds. The topological polar surface area (TPSA) is 56.7 Å². The van der Waals surface area contributed by atoms with E-state index in [2.05, 4.69) is 29.5 Å². The van der Waals surface area contributed by atoms with Gasteiger partial charge in [-0.1, -0.05) is 13.3 Å². The molecule has 2 atom stereocenters. The molecule has 3 N–H and O–H groups in total. The van der Waals surface area contributed by atoms with Gasteiger partial charge in [0.2, 0.25) is 0 Å². The average Bonchev–Trinajstić information content (AvgIpc) is 3.11. The van der Waals surface area contributed by atoms with E-state index in [4.69, 9.17) is 0 Å². The van der Waals surface area contributed by atoms with E-state index in [1.807, 2.05) is 0 Å². The van der Waals surface area contributed by atoms with Crippen molar-refractivity contribution >= 4 is 5.96 Å². The van der Waals surface area contributed by atoms with E-state index in [1.165, 1.54) is 19.3 Å². The van der Waals surface area contributed by atoms with Crippen molar-refractivity contribution in [1.82, 2.24) is 10.6 Å². The lowest BCUT2D eigenvalue weighted by molar-refractivity contribution is 0.120.